The van der Waals surface area contributed by atoms with E-state index in [1.165, 1.54) is 20.0 Å². The predicted molar refractivity (Wildman–Crippen MR) is 71.1 cm³/mol. The molecular formula is C12H18N4O4. The van der Waals surface area contributed by atoms with Crippen molar-refractivity contribution >= 4 is 23.6 Å². The van der Waals surface area contributed by atoms with Crippen LogP contribution in [0.4, 0.5) is 10.5 Å². The van der Waals surface area contributed by atoms with E-state index in [9.17, 15) is 14.4 Å². The van der Waals surface area contributed by atoms with Crippen LogP contribution in [0.3, 0.4) is 0 Å². The SMILES string of the molecule is CCn1cc(NC(=O)NC(=O)CC(C)(C)C(=O)O)cn1. The Morgan fingerprint density at radius 1 is 1.40 bits per heavy atom. The molecule has 3 N–H and O–H groups in total. The smallest absolute Gasteiger partial charge is 0.325 e. The van der Waals surface area contributed by atoms with Crippen molar-refractivity contribution in [2.24, 2.45) is 5.41 Å². The van der Waals surface area contributed by atoms with Gasteiger partial charge in [0.05, 0.1) is 17.3 Å². The lowest BCUT2D eigenvalue weighted by Gasteiger charge is -2.17. The first kappa shape index (κ1) is 15.7. The summed E-state index contributed by atoms with van der Waals surface area (Å²) in [4.78, 5) is 34.0. The maximum Gasteiger partial charge on any atom is 0.325 e. The van der Waals surface area contributed by atoms with Gasteiger partial charge >= 0.3 is 12.0 Å². The van der Waals surface area contributed by atoms with Crippen LogP contribution in [0.2, 0.25) is 0 Å². The second-order valence-electron chi connectivity index (χ2n) is 4.95. The van der Waals surface area contributed by atoms with Crippen molar-refractivity contribution in [3.05, 3.63) is 12.4 Å². The van der Waals surface area contributed by atoms with E-state index in [0.29, 0.717) is 12.2 Å². The van der Waals surface area contributed by atoms with Gasteiger partial charge < -0.3 is 10.4 Å². The van der Waals surface area contributed by atoms with Crippen LogP contribution in [0.5, 0.6) is 0 Å². The Bertz CT molecular complexity index is 521. The van der Waals surface area contributed by atoms with E-state index < -0.39 is 23.3 Å². The van der Waals surface area contributed by atoms with E-state index in [1.54, 1.807) is 10.9 Å². The van der Waals surface area contributed by atoms with E-state index in [0.717, 1.165) is 0 Å². The highest BCUT2D eigenvalue weighted by molar-refractivity contribution is 6.02. The summed E-state index contributed by atoms with van der Waals surface area (Å²) in [5.74, 6) is -1.75. The summed E-state index contributed by atoms with van der Waals surface area (Å²) >= 11 is 0. The first-order valence-electron chi connectivity index (χ1n) is 6.11. The number of urea groups is 1. The van der Waals surface area contributed by atoms with Crippen LogP contribution in [0.15, 0.2) is 12.4 Å². The van der Waals surface area contributed by atoms with Crippen LogP contribution in [0.1, 0.15) is 27.2 Å². The normalized spacial score (nSPS) is 10.9. The maximum atomic E-state index is 11.6. The highest BCUT2D eigenvalue weighted by Crippen LogP contribution is 2.19. The van der Waals surface area contributed by atoms with E-state index in [2.05, 4.69) is 15.7 Å². The zero-order valence-electron chi connectivity index (χ0n) is 11.6. The van der Waals surface area contributed by atoms with Crippen LogP contribution in [0.25, 0.3) is 0 Å². The molecule has 20 heavy (non-hydrogen) atoms. The fourth-order valence-corrected chi connectivity index (χ4v) is 1.41. The molecule has 0 fully saturated rings. The number of aromatic nitrogens is 2. The molecule has 110 valence electrons. The van der Waals surface area contributed by atoms with E-state index in [4.69, 9.17) is 5.11 Å². The van der Waals surface area contributed by atoms with Gasteiger partial charge in [-0.1, -0.05) is 0 Å². The summed E-state index contributed by atoms with van der Waals surface area (Å²) in [5.41, 5.74) is -0.771. The highest BCUT2D eigenvalue weighted by atomic mass is 16.4. The summed E-state index contributed by atoms with van der Waals surface area (Å²) < 4.78 is 1.62. The van der Waals surface area contributed by atoms with E-state index in [-0.39, 0.29) is 6.42 Å². The molecule has 0 aliphatic rings. The molecule has 3 amide bonds. The molecule has 0 spiro atoms. The Hall–Kier alpha value is -2.38. The Morgan fingerprint density at radius 3 is 2.55 bits per heavy atom. The Morgan fingerprint density at radius 2 is 2.05 bits per heavy atom. The van der Waals surface area contributed by atoms with Gasteiger partial charge in [0.25, 0.3) is 0 Å². The van der Waals surface area contributed by atoms with Gasteiger partial charge in [-0.15, -0.1) is 0 Å². The molecule has 0 bridgehead atoms. The number of imide groups is 1. The van der Waals surface area contributed by atoms with Crippen molar-refractivity contribution in [1.82, 2.24) is 15.1 Å². The molecule has 1 aromatic heterocycles. The summed E-state index contributed by atoms with van der Waals surface area (Å²) in [6, 6.07) is -0.716. The molecule has 8 heteroatoms. The van der Waals surface area contributed by atoms with Gasteiger partial charge in [0.1, 0.15) is 0 Å². The van der Waals surface area contributed by atoms with Crippen LogP contribution < -0.4 is 10.6 Å². The Labute approximate surface area is 116 Å². The lowest BCUT2D eigenvalue weighted by molar-refractivity contribution is -0.149. The number of anilines is 1. The number of nitrogens with zero attached hydrogens (tertiary/aromatic N) is 2. The van der Waals surface area contributed by atoms with Crippen molar-refractivity contribution in [3.63, 3.8) is 0 Å². The zero-order valence-corrected chi connectivity index (χ0v) is 11.6. The molecule has 0 atom stereocenters. The lowest BCUT2D eigenvalue weighted by atomic mass is 9.89. The molecule has 0 saturated heterocycles. The van der Waals surface area contributed by atoms with Gasteiger partial charge in [-0.2, -0.15) is 5.10 Å². The van der Waals surface area contributed by atoms with Crippen molar-refractivity contribution in [2.45, 2.75) is 33.7 Å². The molecule has 0 aliphatic heterocycles. The van der Waals surface area contributed by atoms with Gasteiger partial charge in [-0.25, -0.2) is 4.79 Å². The number of carboxylic acid groups (broad SMARTS) is 1. The third-order valence-electron chi connectivity index (χ3n) is 2.65. The number of aryl methyl sites for hydroxylation is 1. The minimum atomic E-state index is -1.22. The van der Waals surface area contributed by atoms with Crippen LogP contribution in [0, 0.1) is 5.41 Å². The largest absolute Gasteiger partial charge is 0.481 e. The molecule has 8 nitrogen and oxygen atoms in total. The van der Waals surface area contributed by atoms with Crippen LogP contribution >= 0.6 is 0 Å². The second kappa shape index (κ2) is 6.18. The Balaban J connectivity index is 2.50. The molecule has 0 aliphatic carbocycles. The monoisotopic (exact) mass is 282 g/mol. The van der Waals surface area contributed by atoms with Crippen molar-refractivity contribution < 1.29 is 19.5 Å². The molecule has 0 aromatic carbocycles. The quantitative estimate of drug-likeness (QED) is 0.747. The average molecular weight is 282 g/mol. The highest BCUT2D eigenvalue weighted by Gasteiger charge is 2.30. The number of hydrogen-bond acceptors (Lipinski definition) is 4. The lowest BCUT2D eigenvalue weighted by Crippen LogP contribution is -2.38. The van der Waals surface area contributed by atoms with Crippen molar-refractivity contribution in [1.29, 1.82) is 0 Å². The average Bonchev–Trinajstić information content (AvgIpc) is 2.75. The van der Waals surface area contributed by atoms with Crippen LogP contribution in [-0.2, 0) is 16.1 Å². The molecule has 0 radical (unpaired) electrons. The maximum absolute atomic E-state index is 11.6. The number of nitrogens with one attached hydrogen (secondary N) is 2. The minimum absolute atomic E-state index is 0.288. The first-order valence-corrected chi connectivity index (χ1v) is 6.11. The van der Waals surface area contributed by atoms with Crippen molar-refractivity contribution in [2.75, 3.05) is 5.32 Å². The minimum Gasteiger partial charge on any atom is -0.481 e. The van der Waals surface area contributed by atoms with E-state index in [1.807, 2.05) is 6.92 Å². The van der Waals surface area contributed by atoms with Gasteiger partial charge in [0, 0.05) is 19.2 Å². The third-order valence-corrected chi connectivity index (χ3v) is 2.65. The number of carbonyl (C=O) groups excluding carboxylic acids is 2. The molecule has 0 saturated carbocycles. The van der Waals surface area contributed by atoms with E-state index >= 15 is 0 Å². The molecule has 1 rings (SSSR count). The number of amides is 3. The molecule has 1 heterocycles. The fourth-order valence-electron chi connectivity index (χ4n) is 1.41. The number of aliphatic carboxylic acids is 1. The predicted octanol–water partition coefficient (Wildman–Crippen LogP) is 1.05. The van der Waals surface area contributed by atoms with Crippen LogP contribution in [-0.4, -0.2) is 32.8 Å². The summed E-state index contributed by atoms with van der Waals surface area (Å²) in [6.07, 6.45) is 2.78. The summed E-state index contributed by atoms with van der Waals surface area (Å²) in [5, 5.41) is 17.4. The molecule has 0 unspecified atom stereocenters. The Kier molecular flexibility index (Phi) is 4.84. The standard InChI is InChI=1S/C12H18N4O4/c1-4-16-7-8(6-13-16)14-11(20)15-9(17)5-12(2,3)10(18)19/h6-7H,4-5H2,1-3H3,(H,18,19)(H2,14,15,17,20). The zero-order chi connectivity index (χ0) is 15.3. The van der Waals surface area contributed by atoms with Gasteiger partial charge in [-0.05, 0) is 20.8 Å². The first-order chi connectivity index (χ1) is 9.24. The van der Waals surface area contributed by atoms with Gasteiger partial charge in [-0.3, -0.25) is 19.6 Å². The van der Waals surface area contributed by atoms with Gasteiger partial charge in [0.2, 0.25) is 5.91 Å². The number of rotatable bonds is 5. The number of carboxylic acids is 1. The number of carbonyl (C=O) groups is 3. The second-order valence-corrected chi connectivity index (χ2v) is 4.95. The van der Waals surface area contributed by atoms with Gasteiger partial charge in [0.15, 0.2) is 0 Å². The molecule has 1 aromatic rings. The third kappa shape index (κ3) is 4.38. The summed E-state index contributed by atoms with van der Waals surface area (Å²) in [7, 11) is 0. The topological polar surface area (TPSA) is 113 Å². The number of hydrogen-bond donors (Lipinski definition) is 3. The summed E-state index contributed by atoms with van der Waals surface area (Å²) in [6.45, 7) is 5.39. The molecular weight excluding hydrogens is 264 g/mol. The van der Waals surface area contributed by atoms with Crippen molar-refractivity contribution in [3.8, 4) is 0 Å². The fraction of sp³-hybridized carbons (Fsp3) is 0.500.